The molecule has 8 heteroatoms. The van der Waals surface area contributed by atoms with Crippen LogP contribution in [0.15, 0.2) is 34.5 Å². The van der Waals surface area contributed by atoms with Crippen LogP contribution in [0.2, 0.25) is 0 Å². The van der Waals surface area contributed by atoms with E-state index in [1.54, 1.807) is 22.7 Å². The molecule has 0 fully saturated rings. The first-order chi connectivity index (χ1) is 14.9. The molecule has 2 aromatic rings. The standard InChI is InChI=1S/C23H32N4O2S2/c1-5-18-12-14-20(30-18)16(3)24-26-22(28)10-8-7-9-11-23(29)27-25-17(4)21-15-13-19(6-2)31-21/h12-15H,5-11H2,1-4H3,(H,26,28)(H,27,29). The summed E-state index contributed by atoms with van der Waals surface area (Å²) in [7, 11) is 0. The molecule has 0 unspecified atom stereocenters. The zero-order valence-electron chi connectivity index (χ0n) is 18.8. The number of carbonyl (C=O) groups excluding carboxylic acids is 2. The van der Waals surface area contributed by atoms with Gasteiger partial charge in [-0.05, 0) is 63.8 Å². The van der Waals surface area contributed by atoms with Crippen LogP contribution in [0.1, 0.15) is 79.3 Å². The van der Waals surface area contributed by atoms with Crippen LogP contribution in [0.4, 0.5) is 0 Å². The summed E-state index contributed by atoms with van der Waals surface area (Å²) < 4.78 is 0. The first kappa shape index (κ1) is 24.9. The zero-order valence-corrected chi connectivity index (χ0v) is 20.4. The third-order valence-corrected chi connectivity index (χ3v) is 7.41. The topological polar surface area (TPSA) is 82.9 Å². The number of thiophene rings is 2. The lowest BCUT2D eigenvalue weighted by molar-refractivity contribution is -0.121. The molecule has 0 saturated carbocycles. The predicted octanol–water partition coefficient (Wildman–Crippen LogP) is 5.27. The molecule has 0 saturated heterocycles. The molecule has 0 aromatic carbocycles. The van der Waals surface area contributed by atoms with Crippen LogP contribution in [0.3, 0.4) is 0 Å². The average Bonchev–Trinajstić information content (AvgIpc) is 3.45. The molecule has 0 aliphatic carbocycles. The molecule has 0 spiro atoms. The van der Waals surface area contributed by atoms with Gasteiger partial charge < -0.3 is 0 Å². The SMILES string of the molecule is CCc1ccc(C(C)=NNC(=O)CCCCCC(=O)NN=C(C)c2ccc(CC)s2)s1. The normalized spacial score (nSPS) is 12.1. The molecule has 2 amide bonds. The zero-order chi connectivity index (χ0) is 22.6. The summed E-state index contributed by atoms with van der Waals surface area (Å²) in [6, 6.07) is 8.25. The second-order valence-corrected chi connectivity index (χ2v) is 9.60. The van der Waals surface area contributed by atoms with E-state index in [-0.39, 0.29) is 11.8 Å². The second-order valence-electron chi connectivity index (χ2n) is 7.26. The number of hydrogen-bond acceptors (Lipinski definition) is 6. The molecule has 0 radical (unpaired) electrons. The number of amides is 2. The summed E-state index contributed by atoms with van der Waals surface area (Å²) in [5.41, 5.74) is 6.88. The van der Waals surface area contributed by atoms with Crippen molar-refractivity contribution in [1.29, 1.82) is 0 Å². The van der Waals surface area contributed by atoms with E-state index in [9.17, 15) is 9.59 Å². The highest BCUT2D eigenvalue weighted by atomic mass is 32.1. The average molecular weight is 461 g/mol. The van der Waals surface area contributed by atoms with Crippen molar-refractivity contribution in [3.05, 3.63) is 43.8 Å². The quantitative estimate of drug-likeness (QED) is 0.257. The highest BCUT2D eigenvalue weighted by molar-refractivity contribution is 7.14. The minimum atomic E-state index is -0.0984. The summed E-state index contributed by atoms with van der Waals surface area (Å²) in [5, 5.41) is 8.38. The van der Waals surface area contributed by atoms with Crippen LogP contribution < -0.4 is 10.9 Å². The summed E-state index contributed by atoms with van der Waals surface area (Å²) >= 11 is 3.40. The molecule has 2 rings (SSSR count). The van der Waals surface area contributed by atoms with E-state index >= 15 is 0 Å². The maximum atomic E-state index is 12.0. The van der Waals surface area contributed by atoms with E-state index in [4.69, 9.17) is 0 Å². The fourth-order valence-electron chi connectivity index (χ4n) is 2.79. The summed E-state index contributed by atoms with van der Waals surface area (Å²) in [5.74, 6) is -0.197. The molecule has 2 N–H and O–H groups in total. The van der Waals surface area contributed by atoms with Crippen molar-refractivity contribution in [2.24, 2.45) is 10.2 Å². The summed E-state index contributed by atoms with van der Waals surface area (Å²) in [6.45, 7) is 8.04. The third kappa shape index (κ3) is 8.75. The molecule has 168 valence electrons. The number of carbonyl (C=O) groups is 2. The van der Waals surface area contributed by atoms with Crippen molar-refractivity contribution in [3.8, 4) is 0 Å². The van der Waals surface area contributed by atoms with Gasteiger partial charge in [0, 0.05) is 22.6 Å². The van der Waals surface area contributed by atoms with Gasteiger partial charge in [-0.2, -0.15) is 10.2 Å². The molecule has 0 aliphatic heterocycles. The van der Waals surface area contributed by atoms with E-state index in [0.717, 1.165) is 53.3 Å². The van der Waals surface area contributed by atoms with E-state index in [1.807, 2.05) is 26.0 Å². The van der Waals surface area contributed by atoms with Gasteiger partial charge in [0.25, 0.3) is 0 Å². The minimum Gasteiger partial charge on any atom is -0.273 e. The third-order valence-electron chi connectivity index (χ3n) is 4.74. The van der Waals surface area contributed by atoms with Gasteiger partial charge in [0.05, 0.1) is 21.2 Å². The molecular formula is C23H32N4O2S2. The molecule has 6 nitrogen and oxygen atoms in total. The number of aryl methyl sites for hydroxylation is 2. The van der Waals surface area contributed by atoms with Crippen molar-refractivity contribution in [2.45, 2.75) is 72.6 Å². The molecule has 0 aliphatic rings. The van der Waals surface area contributed by atoms with Crippen molar-refractivity contribution in [3.63, 3.8) is 0 Å². The van der Waals surface area contributed by atoms with Gasteiger partial charge >= 0.3 is 0 Å². The van der Waals surface area contributed by atoms with Crippen LogP contribution in [0, 0.1) is 0 Å². The second kappa shape index (κ2) is 13.2. The van der Waals surface area contributed by atoms with E-state index in [0.29, 0.717) is 12.8 Å². The number of nitrogens with zero attached hydrogens (tertiary/aromatic N) is 2. The fourth-order valence-corrected chi connectivity index (χ4v) is 4.57. The Kier molecular flexibility index (Phi) is 10.6. The predicted molar refractivity (Wildman–Crippen MR) is 131 cm³/mol. The largest absolute Gasteiger partial charge is 0.273 e. The summed E-state index contributed by atoms with van der Waals surface area (Å²) in [6.07, 6.45) is 5.07. The minimum absolute atomic E-state index is 0.0984. The number of unbranched alkanes of at least 4 members (excludes halogenated alkanes) is 2. The number of rotatable bonds is 12. The number of hydrogen-bond donors (Lipinski definition) is 2. The molecule has 31 heavy (non-hydrogen) atoms. The van der Waals surface area contributed by atoms with Gasteiger partial charge in [-0.3, -0.25) is 9.59 Å². The maximum Gasteiger partial charge on any atom is 0.240 e. The van der Waals surface area contributed by atoms with Crippen molar-refractivity contribution in [1.82, 2.24) is 10.9 Å². The highest BCUT2D eigenvalue weighted by Crippen LogP contribution is 2.18. The lowest BCUT2D eigenvalue weighted by Gasteiger charge is -2.03. The van der Waals surface area contributed by atoms with Gasteiger partial charge in [-0.25, -0.2) is 10.9 Å². The smallest absolute Gasteiger partial charge is 0.240 e. The van der Waals surface area contributed by atoms with Crippen molar-refractivity contribution < 1.29 is 9.59 Å². The van der Waals surface area contributed by atoms with Crippen LogP contribution in [-0.4, -0.2) is 23.2 Å². The Morgan fingerprint density at radius 1 is 0.742 bits per heavy atom. The van der Waals surface area contributed by atoms with E-state index in [2.05, 4.69) is 47.0 Å². The van der Waals surface area contributed by atoms with Crippen molar-refractivity contribution >= 4 is 45.9 Å². The Bertz CT molecular complexity index is 853. The Hall–Kier alpha value is -2.32. The number of hydrazone groups is 2. The Morgan fingerprint density at radius 2 is 1.16 bits per heavy atom. The molecular weight excluding hydrogens is 428 g/mol. The van der Waals surface area contributed by atoms with Crippen LogP contribution in [0.5, 0.6) is 0 Å². The van der Waals surface area contributed by atoms with Crippen molar-refractivity contribution in [2.75, 3.05) is 0 Å². The molecule has 0 atom stereocenters. The van der Waals surface area contributed by atoms with Crippen LogP contribution in [0.25, 0.3) is 0 Å². The van der Waals surface area contributed by atoms with Gasteiger partial charge in [0.2, 0.25) is 11.8 Å². The van der Waals surface area contributed by atoms with E-state index in [1.165, 1.54) is 9.75 Å². The number of nitrogens with one attached hydrogen (secondary N) is 2. The monoisotopic (exact) mass is 460 g/mol. The van der Waals surface area contributed by atoms with Gasteiger partial charge in [-0.1, -0.05) is 20.3 Å². The van der Waals surface area contributed by atoms with Gasteiger partial charge in [0.1, 0.15) is 0 Å². The first-order valence-corrected chi connectivity index (χ1v) is 12.4. The van der Waals surface area contributed by atoms with Crippen LogP contribution in [-0.2, 0) is 22.4 Å². The molecule has 2 heterocycles. The lowest BCUT2D eigenvalue weighted by atomic mass is 10.1. The Morgan fingerprint density at radius 3 is 1.52 bits per heavy atom. The highest BCUT2D eigenvalue weighted by Gasteiger charge is 2.06. The first-order valence-electron chi connectivity index (χ1n) is 10.8. The summed E-state index contributed by atoms with van der Waals surface area (Å²) in [4.78, 5) is 28.7. The molecule has 2 aromatic heterocycles. The maximum absolute atomic E-state index is 12.0. The van der Waals surface area contributed by atoms with Gasteiger partial charge in [0.15, 0.2) is 0 Å². The van der Waals surface area contributed by atoms with E-state index < -0.39 is 0 Å². The van der Waals surface area contributed by atoms with Gasteiger partial charge in [-0.15, -0.1) is 22.7 Å². The van der Waals surface area contributed by atoms with Crippen LogP contribution >= 0.6 is 22.7 Å². The Labute approximate surface area is 192 Å². The fraction of sp³-hybridized carbons (Fsp3) is 0.478. The Balaban J connectivity index is 1.60. The lowest BCUT2D eigenvalue weighted by Crippen LogP contribution is -2.19. The molecule has 0 bridgehead atoms.